The van der Waals surface area contributed by atoms with Crippen LogP contribution in [0.25, 0.3) is 0 Å². The monoisotopic (exact) mass is 607 g/mol. The molecule has 3 aromatic rings. The zero-order valence-electron chi connectivity index (χ0n) is 22.8. The van der Waals surface area contributed by atoms with E-state index < -0.39 is 32.4 Å². The maximum atomic E-state index is 13.9. The van der Waals surface area contributed by atoms with Crippen LogP contribution in [0, 0.1) is 4.78 Å². The highest BCUT2D eigenvalue weighted by Gasteiger charge is 2.41. The number of hydrogen-bond acceptors (Lipinski definition) is 5. The van der Waals surface area contributed by atoms with Crippen LogP contribution in [0.4, 0.5) is 13.2 Å². The standard InChI is InChI=1S/C28H29ClF3N5O3S/c1-15-11-24-21(14-35(15)26(38)19-7-10-23(29)22(12-19)28(30,31)32)25-27(39)36(13-16(2)37(25)34-24)17(3)18-5-8-20(9-6-18)41(4,33)40/h5-10,12,15-17,33H,11,13-14H2,1-4H3/t15-,16-,17+,41+/m1/s1. The molecule has 0 fully saturated rings. The number of benzene rings is 2. The zero-order chi connectivity index (χ0) is 30.0. The predicted molar refractivity (Wildman–Crippen MR) is 147 cm³/mol. The molecule has 0 unspecified atom stereocenters. The topological polar surface area (TPSA) is 99.4 Å². The lowest BCUT2D eigenvalue weighted by atomic mass is 9.96. The third-order valence-electron chi connectivity index (χ3n) is 7.84. The number of carbonyl (C=O) groups excluding carboxylic acids is 2. The van der Waals surface area contributed by atoms with Gasteiger partial charge in [0.05, 0.1) is 44.6 Å². The number of nitrogens with zero attached hydrogens (tertiary/aromatic N) is 4. The van der Waals surface area contributed by atoms with E-state index in [1.165, 1.54) is 17.2 Å². The first-order chi connectivity index (χ1) is 19.1. The minimum absolute atomic E-state index is 0.0262. The Hall–Kier alpha value is -3.38. The quantitative estimate of drug-likeness (QED) is 0.396. The third kappa shape index (κ3) is 5.23. The van der Waals surface area contributed by atoms with Gasteiger partial charge in [-0.2, -0.15) is 18.3 Å². The van der Waals surface area contributed by atoms with Crippen LogP contribution in [0.3, 0.4) is 0 Å². The first-order valence-corrected chi connectivity index (χ1v) is 15.3. The molecule has 41 heavy (non-hydrogen) atoms. The van der Waals surface area contributed by atoms with Crippen molar-refractivity contribution in [1.82, 2.24) is 19.6 Å². The second-order valence-electron chi connectivity index (χ2n) is 10.8. The van der Waals surface area contributed by atoms with Crippen LogP contribution in [0.2, 0.25) is 5.02 Å². The van der Waals surface area contributed by atoms with Gasteiger partial charge in [-0.05, 0) is 56.7 Å². The second kappa shape index (κ2) is 10.2. The molecule has 5 rings (SSSR count). The normalized spacial score (nSPS) is 21.2. The lowest BCUT2D eigenvalue weighted by Crippen LogP contribution is -2.45. The van der Waals surface area contributed by atoms with Crippen molar-refractivity contribution in [2.75, 3.05) is 12.8 Å². The Labute approximate surface area is 241 Å². The number of halogens is 4. The van der Waals surface area contributed by atoms with Crippen LogP contribution in [-0.4, -0.2) is 54.4 Å². The van der Waals surface area contributed by atoms with E-state index in [1.54, 1.807) is 40.8 Å². The molecule has 0 radical (unpaired) electrons. The molecule has 1 aromatic heterocycles. The Morgan fingerprint density at radius 3 is 2.41 bits per heavy atom. The number of nitrogens with one attached hydrogen (secondary N) is 1. The van der Waals surface area contributed by atoms with E-state index in [1.807, 2.05) is 13.8 Å². The van der Waals surface area contributed by atoms with Gasteiger partial charge in [0.2, 0.25) is 0 Å². The summed E-state index contributed by atoms with van der Waals surface area (Å²) in [7, 11) is -2.87. The smallest absolute Gasteiger partial charge is 0.331 e. The van der Waals surface area contributed by atoms with Crippen molar-refractivity contribution >= 4 is 33.1 Å². The Morgan fingerprint density at radius 2 is 1.80 bits per heavy atom. The fourth-order valence-electron chi connectivity index (χ4n) is 5.52. The van der Waals surface area contributed by atoms with Crippen molar-refractivity contribution in [3.05, 3.63) is 81.1 Å². The molecular weight excluding hydrogens is 579 g/mol. The lowest BCUT2D eigenvalue weighted by Gasteiger charge is -2.37. The van der Waals surface area contributed by atoms with E-state index in [4.69, 9.17) is 21.5 Å². The average molecular weight is 608 g/mol. The molecule has 0 saturated heterocycles. The summed E-state index contributed by atoms with van der Waals surface area (Å²) in [5, 5.41) is 4.23. The fourth-order valence-corrected chi connectivity index (χ4v) is 6.40. The number of amides is 2. The van der Waals surface area contributed by atoms with Gasteiger partial charge in [-0.25, -0.2) is 8.99 Å². The van der Waals surface area contributed by atoms with Gasteiger partial charge in [0.25, 0.3) is 11.8 Å². The number of carbonyl (C=O) groups is 2. The molecule has 0 spiro atoms. The van der Waals surface area contributed by atoms with Crippen molar-refractivity contribution in [3.8, 4) is 0 Å². The van der Waals surface area contributed by atoms with Crippen molar-refractivity contribution in [2.45, 2.75) is 62.9 Å². The van der Waals surface area contributed by atoms with Crippen molar-refractivity contribution in [2.24, 2.45) is 0 Å². The molecule has 3 heterocycles. The first kappa shape index (κ1) is 29.1. The zero-order valence-corrected chi connectivity index (χ0v) is 24.4. The highest BCUT2D eigenvalue weighted by atomic mass is 35.5. The van der Waals surface area contributed by atoms with E-state index in [2.05, 4.69) is 0 Å². The molecule has 0 aliphatic carbocycles. The number of alkyl halides is 3. The SMILES string of the molecule is C[C@@H]1Cc2nn3c(c2CN1C(=O)c1ccc(Cl)c(C(F)(F)F)c1)C(=O)N([C@@H](C)c1ccc([S@@](C)(=N)=O)cc1)C[C@H]3C. The van der Waals surface area contributed by atoms with E-state index in [0.717, 1.165) is 17.7 Å². The van der Waals surface area contributed by atoms with Gasteiger partial charge in [0.1, 0.15) is 5.69 Å². The van der Waals surface area contributed by atoms with Gasteiger partial charge in [0.15, 0.2) is 0 Å². The number of hydrogen-bond donors (Lipinski definition) is 1. The average Bonchev–Trinajstić information content (AvgIpc) is 3.27. The Kier molecular flexibility index (Phi) is 7.22. The maximum absolute atomic E-state index is 13.9. The summed E-state index contributed by atoms with van der Waals surface area (Å²) in [6.45, 7) is 6.05. The van der Waals surface area contributed by atoms with Crippen molar-refractivity contribution in [3.63, 3.8) is 0 Å². The van der Waals surface area contributed by atoms with E-state index in [9.17, 15) is 27.0 Å². The molecule has 1 N–H and O–H groups in total. The van der Waals surface area contributed by atoms with Crippen molar-refractivity contribution in [1.29, 1.82) is 4.78 Å². The Morgan fingerprint density at radius 1 is 1.15 bits per heavy atom. The summed E-state index contributed by atoms with van der Waals surface area (Å²) in [6, 6.07) is 9.04. The van der Waals surface area contributed by atoms with Crippen LogP contribution in [-0.2, 0) is 28.9 Å². The molecule has 218 valence electrons. The molecular formula is C28H29ClF3N5O3S. The molecule has 0 bridgehead atoms. The van der Waals surface area contributed by atoms with Gasteiger partial charge in [-0.1, -0.05) is 23.7 Å². The van der Waals surface area contributed by atoms with Gasteiger partial charge >= 0.3 is 6.18 Å². The Bertz CT molecular complexity index is 1650. The van der Waals surface area contributed by atoms with Crippen LogP contribution in [0.15, 0.2) is 47.4 Å². The van der Waals surface area contributed by atoms with Gasteiger partial charge in [-0.3, -0.25) is 14.3 Å². The van der Waals surface area contributed by atoms with Gasteiger partial charge in [-0.15, -0.1) is 0 Å². The summed E-state index contributed by atoms with van der Waals surface area (Å²) in [6.07, 6.45) is -3.01. The summed E-state index contributed by atoms with van der Waals surface area (Å²) >= 11 is 5.75. The molecule has 2 aliphatic heterocycles. The van der Waals surface area contributed by atoms with E-state index in [0.29, 0.717) is 34.8 Å². The molecule has 2 aromatic carbocycles. The van der Waals surface area contributed by atoms with E-state index in [-0.39, 0.29) is 36.1 Å². The van der Waals surface area contributed by atoms with Crippen LogP contribution in [0.5, 0.6) is 0 Å². The highest BCUT2D eigenvalue weighted by molar-refractivity contribution is 7.91. The number of rotatable bonds is 4. The number of aromatic nitrogens is 2. The summed E-state index contributed by atoms with van der Waals surface area (Å²) < 4.78 is 61.9. The molecule has 0 saturated carbocycles. The first-order valence-electron chi connectivity index (χ1n) is 13.0. The molecule has 4 atom stereocenters. The fraction of sp³-hybridized carbons (Fsp3) is 0.393. The minimum Gasteiger partial charge on any atom is -0.331 e. The van der Waals surface area contributed by atoms with Crippen LogP contribution in [0.1, 0.15) is 76.1 Å². The third-order valence-corrected chi connectivity index (χ3v) is 9.34. The van der Waals surface area contributed by atoms with Crippen LogP contribution < -0.4 is 0 Å². The molecule has 13 heteroatoms. The van der Waals surface area contributed by atoms with E-state index >= 15 is 0 Å². The maximum Gasteiger partial charge on any atom is 0.417 e. The second-order valence-corrected chi connectivity index (χ2v) is 13.4. The summed E-state index contributed by atoms with van der Waals surface area (Å²) in [5.74, 6) is -0.852. The van der Waals surface area contributed by atoms with Gasteiger partial charge in [0, 0.05) is 41.3 Å². The molecule has 8 nitrogen and oxygen atoms in total. The van der Waals surface area contributed by atoms with Crippen LogP contribution >= 0.6 is 11.6 Å². The minimum atomic E-state index is -4.71. The van der Waals surface area contributed by atoms with Gasteiger partial charge < -0.3 is 9.80 Å². The highest BCUT2D eigenvalue weighted by Crippen LogP contribution is 2.37. The summed E-state index contributed by atoms with van der Waals surface area (Å²) in [4.78, 5) is 31.0. The molecule has 2 amide bonds. The molecule has 2 aliphatic rings. The van der Waals surface area contributed by atoms with Crippen molar-refractivity contribution < 1.29 is 27.0 Å². The summed E-state index contributed by atoms with van der Waals surface area (Å²) in [5.41, 5.74) is 1.24. The number of fused-ring (bicyclic) bond motifs is 3. The lowest BCUT2D eigenvalue weighted by molar-refractivity contribution is -0.137. The Balaban J connectivity index is 1.46. The largest absolute Gasteiger partial charge is 0.417 e. The predicted octanol–water partition coefficient (Wildman–Crippen LogP) is 5.96.